The molecule has 7 heteroatoms. The molecule has 1 aliphatic heterocycles. The van der Waals surface area contributed by atoms with Crippen molar-refractivity contribution in [2.75, 3.05) is 4.90 Å². The highest BCUT2D eigenvalue weighted by Crippen LogP contribution is 2.43. The molecule has 0 aromatic heterocycles. The van der Waals surface area contributed by atoms with Crippen LogP contribution in [-0.4, -0.2) is 16.8 Å². The van der Waals surface area contributed by atoms with Gasteiger partial charge in [0, 0.05) is 20.2 Å². The Labute approximate surface area is 195 Å². The molecule has 1 saturated heterocycles. The van der Waals surface area contributed by atoms with Gasteiger partial charge < -0.3 is 5.11 Å². The van der Waals surface area contributed by atoms with E-state index >= 15 is 0 Å². The number of anilines is 1. The van der Waals surface area contributed by atoms with Crippen LogP contribution < -0.4 is 4.90 Å². The van der Waals surface area contributed by atoms with Gasteiger partial charge in [0.25, 0.3) is 11.7 Å². The zero-order chi connectivity index (χ0) is 22.3. The van der Waals surface area contributed by atoms with Crippen molar-refractivity contribution in [2.45, 2.75) is 13.0 Å². The van der Waals surface area contributed by atoms with Crippen LogP contribution in [0, 0.1) is 12.7 Å². The Morgan fingerprint density at radius 2 is 1.71 bits per heavy atom. The van der Waals surface area contributed by atoms with Gasteiger partial charge in [-0.15, -0.1) is 0 Å². The maximum atomic E-state index is 14.1. The summed E-state index contributed by atoms with van der Waals surface area (Å²) in [6.45, 7) is 1.90. The van der Waals surface area contributed by atoms with Crippen molar-refractivity contribution >= 4 is 55.0 Å². The summed E-state index contributed by atoms with van der Waals surface area (Å²) in [6.07, 6.45) is 0. The molecule has 1 amide bonds. The first-order valence-corrected chi connectivity index (χ1v) is 10.9. The third-order valence-electron chi connectivity index (χ3n) is 5.16. The second-order valence-electron chi connectivity index (χ2n) is 7.16. The fourth-order valence-corrected chi connectivity index (χ4v) is 4.22. The van der Waals surface area contributed by atoms with Gasteiger partial charge in [-0.3, -0.25) is 14.5 Å². The van der Waals surface area contributed by atoms with Crippen LogP contribution >= 0.6 is 31.9 Å². The number of nitrogens with zero attached hydrogens (tertiary/aromatic N) is 1. The maximum absolute atomic E-state index is 14.1. The van der Waals surface area contributed by atoms with Crippen molar-refractivity contribution in [3.05, 3.63) is 104 Å². The van der Waals surface area contributed by atoms with Gasteiger partial charge in [-0.25, -0.2) is 4.39 Å². The number of carbonyl (C=O) groups is 2. The summed E-state index contributed by atoms with van der Waals surface area (Å²) in [4.78, 5) is 27.5. The monoisotopic (exact) mass is 543 g/mol. The maximum Gasteiger partial charge on any atom is 0.300 e. The van der Waals surface area contributed by atoms with E-state index in [2.05, 4.69) is 31.9 Å². The largest absolute Gasteiger partial charge is 0.507 e. The van der Waals surface area contributed by atoms with Gasteiger partial charge in [-0.05, 0) is 54.4 Å². The van der Waals surface area contributed by atoms with Crippen LogP contribution in [0.1, 0.15) is 22.7 Å². The lowest BCUT2D eigenvalue weighted by Gasteiger charge is -2.26. The quantitative estimate of drug-likeness (QED) is 0.239. The predicted octanol–water partition coefficient (Wildman–Crippen LogP) is 6.29. The molecule has 4 rings (SSSR count). The highest BCUT2D eigenvalue weighted by atomic mass is 79.9. The van der Waals surface area contributed by atoms with E-state index in [9.17, 15) is 19.1 Å². The number of amides is 1. The normalized spacial score (nSPS) is 17.9. The molecule has 0 saturated carbocycles. The second-order valence-corrected chi connectivity index (χ2v) is 8.93. The summed E-state index contributed by atoms with van der Waals surface area (Å²) in [6, 6.07) is 16.7. The summed E-state index contributed by atoms with van der Waals surface area (Å²) in [5.74, 6) is -2.43. The fraction of sp³-hybridized carbons (Fsp3) is 0.0833. The first kappa shape index (κ1) is 21.5. The molecule has 1 N–H and O–H groups in total. The highest BCUT2D eigenvalue weighted by molar-refractivity contribution is 9.10. The Bertz CT molecular complexity index is 1240. The SMILES string of the molecule is Cc1ccc(N2C(=O)C(=O)/C(=C(/O)c3ccc(Br)cc3)C2c2cccc(F)c2)cc1Br. The number of ketones is 1. The standard InChI is InChI=1S/C24H16Br2FNO3/c1-13-5-10-18(12-19(13)26)28-21(15-3-2-4-17(27)11-15)20(23(30)24(28)31)22(29)14-6-8-16(25)9-7-14/h2-12,21,29H,1H3/b22-20+. The summed E-state index contributed by atoms with van der Waals surface area (Å²) < 4.78 is 15.6. The van der Waals surface area contributed by atoms with Crippen LogP contribution in [0.4, 0.5) is 10.1 Å². The Hall–Kier alpha value is -2.77. The molecular weight excluding hydrogens is 529 g/mol. The first-order chi connectivity index (χ1) is 14.8. The van der Waals surface area contributed by atoms with E-state index in [0.29, 0.717) is 16.8 Å². The lowest BCUT2D eigenvalue weighted by Crippen LogP contribution is -2.29. The number of Topliss-reactive ketones (excluding diaryl/α,β-unsaturated/α-hetero) is 1. The van der Waals surface area contributed by atoms with E-state index in [-0.39, 0.29) is 11.3 Å². The first-order valence-electron chi connectivity index (χ1n) is 9.36. The molecule has 3 aromatic rings. The van der Waals surface area contributed by atoms with Crippen LogP contribution in [0.3, 0.4) is 0 Å². The van der Waals surface area contributed by atoms with Crippen molar-refractivity contribution in [1.82, 2.24) is 0 Å². The Morgan fingerprint density at radius 1 is 1.00 bits per heavy atom. The van der Waals surface area contributed by atoms with E-state index in [1.54, 1.807) is 42.5 Å². The zero-order valence-electron chi connectivity index (χ0n) is 16.3. The minimum atomic E-state index is -0.978. The van der Waals surface area contributed by atoms with E-state index in [0.717, 1.165) is 14.5 Å². The van der Waals surface area contributed by atoms with Gasteiger partial charge in [0.1, 0.15) is 11.6 Å². The van der Waals surface area contributed by atoms with Crippen molar-refractivity contribution in [1.29, 1.82) is 0 Å². The summed E-state index contributed by atoms with van der Waals surface area (Å²) in [5, 5.41) is 11.0. The Morgan fingerprint density at radius 3 is 2.35 bits per heavy atom. The molecular formula is C24H16Br2FNO3. The van der Waals surface area contributed by atoms with Crippen molar-refractivity contribution < 1.29 is 19.1 Å². The van der Waals surface area contributed by atoms with Crippen molar-refractivity contribution in [2.24, 2.45) is 0 Å². The molecule has 0 bridgehead atoms. The number of aliphatic hydroxyl groups excluding tert-OH is 1. The lowest BCUT2D eigenvalue weighted by molar-refractivity contribution is -0.132. The number of rotatable bonds is 3. The number of halogens is 3. The van der Waals surface area contributed by atoms with Gasteiger partial charge in [0.05, 0.1) is 11.6 Å². The minimum Gasteiger partial charge on any atom is -0.507 e. The molecule has 1 heterocycles. The molecule has 0 spiro atoms. The zero-order valence-corrected chi connectivity index (χ0v) is 19.4. The fourth-order valence-electron chi connectivity index (χ4n) is 3.59. The smallest absolute Gasteiger partial charge is 0.300 e. The number of hydrogen-bond acceptors (Lipinski definition) is 3. The minimum absolute atomic E-state index is 0.0883. The summed E-state index contributed by atoms with van der Waals surface area (Å²) in [7, 11) is 0. The van der Waals surface area contributed by atoms with E-state index in [1.165, 1.54) is 23.1 Å². The summed E-state index contributed by atoms with van der Waals surface area (Å²) in [5.41, 5.74) is 2.10. The predicted molar refractivity (Wildman–Crippen MR) is 124 cm³/mol. The van der Waals surface area contributed by atoms with Crippen LogP contribution in [0.5, 0.6) is 0 Å². The second kappa shape index (κ2) is 8.40. The van der Waals surface area contributed by atoms with E-state index < -0.39 is 23.5 Å². The van der Waals surface area contributed by atoms with Crippen molar-refractivity contribution in [3.8, 4) is 0 Å². The topological polar surface area (TPSA) is 57.6 Å². The molecule has 0 radical (unpaired) electrons. The third-order valence-corrected chi connectivity index (χ3v) is 6.54. The highest BCUT2D eigenvalue weighted by Gasteiger charge is 2.47. The molecule has 156 valence electrons. The van der Waals surface area contributed by atoms with Crippen LogP contribution in [0.2, 0.25) is 0 Å². The number of carbonyl (C=O) groups excluding carboxylic acids is 2. The molecule has 1 fully saturated rings. The average molecular weight is 545 g/mol. The van der Waals surface area contributed by atoms with E-state index in [1.807, 2.05) is 13.0 Å². The third kappa shape index (κ3) is 3.95. The van der Waals surface area contributed by atoms with E-state index in [4.69, 9.17) is 0 Å². The van der Waals surface area contributed by atoms with Crippen LogP contribution in [0.25, 0.3) is 5.76 Å². The van der Waals surface area contributed by atoms with Crippen LogP contribution in [0.15, 0.2) is 81.2 Å². The average Bonchev–Trinajstić information content (AvgIpc) is 3.01. The molecule has 1 atom stereocenters. The van der Waals surface area contributed by atoms with Crippen molar-refractivity contribution in [3.63, 3.8) is 0 Å². The van der Waals surface area contributed by atoms with Gasteiger partial charge in [-0.1, -0.05) is 62.2 Å². The molecule has 1 aliphatic rings. The number of hydrogen-bond donors (Lipinski definition) is 1. The number of benzene rings is 3. The molecule has 0 aliphatic carbocycles. The molecule has 1 unspecified atom stereocenters. The summed E-state index contributed by atoms with van der Waals surface area (Å²) >= 11 is 6.79. The van der Waals surface area contributed by atoms with Crippen LogP contribution in [-0.2, 0) is 9.59 Å². The Kier molecular flexibility index (Phi) is 5.81. The van der Waals surface area contributed by atoms with Gasteiger partial charge in [0.2, 0.25) is 0 Å². The molecule has 4 nitrogen and oxygen atoms in total. The van der Waals surface area contributed by atoms with Gasteiger partial charge >= 0.3 is 0 Å². The lowest BCUT2D eigenvalue weighted by atomic mass is 9.95. The molecule has 31 heavy (non-hydrogen) atoms. The van der Waals surface area contributed by atoms with Gasteiger partial charge in [-0.2, -0.15) is 0 Å². The molecule has 3 aromatic carbocycles. The number of aliphatic hydroxyl groups is 1. The van der Waals surface area contributed by atoms with Gasteiger partial charge in [0.15, 0.2) is 0 Å². The Balaban J connectivity index is 1.96. The number of aryl methyl sites for hydroxylation is 1.